The van der Waals surface area contributed by atoms with Crippen molar-refractivity contribution in [1.29, 1.82) is 0 Å². The van der Waals surface area contributed by atoms with E-state index in [1.165, 1.54) is 24.3 Å². The smallest absolute Gasteiger partial charge is 0.280 e. The van der Waals surface area contributed by atoms with Crippen molar-refractivity contribution in [3.8, 4) is 0 Å². The average molecular weight is 496 g/mol. The second-order valence-electron chi connectivity index (χ2n) is 8.56. The fraction of sp³-hybridized carbons (Fsp3) is 0.103. The number of para-hydroxylation sites is 1. The Bertz CT molecular complexity index is 1410. The molecule has 0 radical (unpaired) electrons. The lowest BCUT2D eigenvalue weighted by atomic mass is 9.81. The summed E-state index contributed by atoms with van der Waals surface area (Å²) in [6.45, 7) is 3.59. The Morgan fingerprint density at radius 3 is 1.76 bits per heavy atom. The maximum Gasteiger partial charge on any atom is 0.280 e. The van der Waals surface area contributed by atoms with Gasteiger partial charge in [0.25, 0.3) is 17.5 Å². The molecule has 2 N–H and O–H groups in total. The third-order valence-corrected chi connectivity index (χ3v) is 6.15. The number of amides is 2. The van der Waals surface area contributed by atoms with E-state index >= 15 is 0 Å². The molecule has 0 spiro atoms. The summed E-state index contributed by atoms with van der Waals surface area (Å²) >= 11 is 0. The summed E-state index contributed by atoms with van der Waals surface area (Å²) in [5, 5.41) is 24.2. The first kappa shape index (κ1) is 25.3. The molecule has 0 atom stereocenters. The summed E-state index contributed by atoms with van der Waals surface area (Å²) in [7, 11) is 0. The molecule has 0 aliphatic carbocycles. The number of hydrazine groups is 1. The number of aryl methyl sites for hydroxylation is 2. The molecule has 4 rings (SSSR count). The highest BCUT2D eigenvalue weighted by molar-refractivity contribution is 6.08. The van der Waals surface area contributed by atoms with Gasteiger partial charge in [-0.1, -0.05) is 66.7 Å². The number of nitrogens with one attached hydrogen (secondary N) is 1. The first-order chi connectivity index (χ1) is 17.7. The van der Waals surface area contributed by atoms with Crippen LogP contribution in [-0.2, 0) is 10.4 Å². The van der Waals surface area contributed by atoms with Crippen molar-refractivity contribution in [1.82, 2.24) is 5.43 Å². The Balaban J connectivity index is 1.80. The summed E-state index contributed by atoms with van der Waals surface area (Å²) in [4.78, 5) is 38.0. The van der Waals surface area contributed by atoms with E-state index in [2.05, 4.69) is 5.43 Å². The van der Waals surface area contributed by atoms with Crippen LogP contribution < -0.4 is 10.4 Å². The van der Waals surface area contributed by atoms with Gasteiger partial charge in [0.1, 0.15) is 0 Å². The Kier molecular flexibility index (Phi) is 7.13. The van der Waals surface area contributed by atoms with Crippen molar-refractivity contribution >= 4 is 23.2 Å². The van der Waals surface area contributed by atoms with Gasteiger partial charge in [0.2, 0.25) is 0 Å². The summed E-state index contributed by atoms with van der Waals surface area (Å²) < 4.78 is 0. The van der Waals surface area contributed by atoms with E-state index < -0.39 is 22.3 Å². The van der Waals surface area contributed by atoms with Crippen LogP contribution in [0.2, 0.25) is 0 Å². The molecule has 0 unspecified atom stereocenters. The molecular weight excluding hydrogens is 470 g/mol. The van der Waals surface area contributed by atoms with Gasteiger partial charge in [-0.15, -0.1) is 0 Å². The molecule has 4 aromatic carbocycles. The molecule has 0 fully saturated rings. The molecule has 186 valence electrons. The number of nitro groups is 1. The van der Waals surface area contributed by atoms with Crippen LogP contribution in [0.25, 0.3) is 0 Å². The first-order valence-corrected chi connectivity index (χ1v) is 11.5. The number of nitro benzene ring substituents is 1. The monoisotopic (exact) mass is 495 g/mol. The zero-order chi connectivity index (χ0) is 26.6. The highest BCUT2D eigenvalue weighted by Crippen LogP contribution is 2.34. The summed E-state index contributed by atoms with van der Waals surface area (Å²) in [5.41, 5.74) is 2.92. The third kappa shape index (κ3) is 4.96. The maximum absolute atomic E-state index is 14.0. The Labute approximate surface area is 213 Å². The Morgan fingerprint density at radius 2 is 1.27 bits per heavy atom. The van der Waals surface area contributed by atoms with Crippen LogP contribution in [0, 0.1) is 24.0 Å². The largest absolute Gasteiger partial charge is 0.372 e. The standard InChI is InChI=1S/C29H25N3O5/c1-20-10-6-8-14-25(20)29(35,26-15-9-7-11-21(26)2)28(34)30-31(23-12-4-3-5-13-23)27(33)22-16-18-24(19-17-22)32(36)37/h3-19,35H,1-2H3,(H,30,34). The topological polar surface area (TPSA) is 113 Å². The van der Waals surface area contributed by atoms with E-state index in [0.29, 0.717) is 27.9 Å². The van der Waals surface area contributed by atoms with Gasteiger partial charge in [0, 0.05) is 28.8 Å². The van der Waals surface area contributed by atoms with Gasteiger partial charge in [-0.3, -0.25) is 25.1 Å². The Morgan fingerprint density at radius 1 is 0.784 bits per heavy atom. The molecule has 8 nitrogen and oxygen atoms in total. The minimum absolute atomic E-state index is 0.116. The SMILES string of the molecule is Cc1ccccc1C(O)(C(=O)NN(C(=O)c1ccc([N+](=O)[O-])cc1)c1ccccc1)c1ccccc1C. The average Bonchev–Trinajstić information content (AvgIpc) is 2.92. The molecule has 0 saturated heterocycles. The van der Waals surface area contributed by atoms with Gasteiger partial charge in [-0.05, 0) is 49.2 Å². The van der Waals surface area contributed by atoms with Gasteiger partial charge in [0.15, 0.2) is 5.60 Å². The van der Waals surface area contributed by atoms with Crippen molar-refractivity contribution < 1.29 is 19.6 Å². The van der Waals surface area contributed by atoms with Crippen molar-refractivity contribution in [3.63, 3.8) is 0 Å². The van der Waals surface area contributed by atoms with E-state index in [-0.39, 0.29) is 11.3 Å². The van der Waals surface area contributed by atoms with Crippen LogP contribution in [0.4, 0.5) is 11.4 Å². The second kappa shape index (κ2) is 10.4. The highest BCUT2D eigenvalue weighted by Gasteiger charge is 2.43. The van der Waals surface area contributed by atoms with Crippen LogP contribution >= 0.6 is 0 Å². The van der Waals surface area contributed by atoms with Gasteiger partial charge in [0.05, 0.1) is 10.6 Å². The number of hydrogen-bond acceptors (Lipinski definition) is 5. The summed E-state index contributed by atoms with van der Waals surface area (Å²) in [6, 6.07) is 27.5. The Hall–Kier alpha value is -4.82. The predicted octanol–water partition coefficient (Wildman–Crippen LogP) is 4.83. The first-order valence-electron chi connectivity index (χ1n) is 11.5. The normalized spacial score (nSPS) is 11.0. The fourth-order valence-electron chi connectivity index (χ4n) is 4.19. The molecule has 2 amide bonds. The van der Waals surface area contributed by atoms with Crippen molar-refractivity contribution in [2.75, 3.05) is 5.01 Å². The molecule has 0 aliphatic rings. The van der Waals surface area contributed by atoms with Gasteiger partial charge in [-0.25, -0.2) is 5.01 Å². The van der Waals surface area contributed by atoms with Crippen molar-refractivity contribution in [2.45, 2.75) is 19.4 Å². The molecule has 0 aliphatic heterocycles. The van der Waals surface area contributed by atoms with E-state index in [9.17, 15) is 24.8 Å². The number of hydrogen-bond donors (Lipinski definition) is 2. The zero-order valence-corrected chi connectivity index (χ0v) is 20.3. The number of anilines is 1. The van der Waals surface area contributed by atoms with Crippen LogP contribution in [0.1, 0.15) is 32.6 Å². The molecule has 0 saturated carbocycles. The number of rotatable bonds is 6. The molecule has 4 aromatic rings. The van der Waals surface area contributed by atoms with Gasteiger partial charge < -0.3 is 5.11 Å². The fourth-order valence-corrected chi connectivity index (χ4v) is 4.19. The maximum atomic E-state index is 14.0. The number of nitrogens with zero attached hydrogens (tertiary/aromatic N) is 2. The lowest BCUT2D eigenvalue weighted by molar-refractivity contribution is -0.384. The second-order valence-corrected chi connectivity index (χ2v) is 8.56. The minimum Gasteiger partial charge on any atom is -0.372 e. The van der Waals surface area contributed by atoms with E-state index in [1.807, 2.05) is 12.1 Å². The summed E-state index contributed by atoms with van der Waals surface area (Å²) in [6.07, 6.45) is 0. The molecule has 37 heavy (non-hydrogen) atoms. The van der Waals surface area contributed by atoms with Crippen molar-refractivity contribution in [3.05, 3.63) is 141 Å². The quantitative estimate of drug-likeness (QED) is 0.294. The molecule has 8 heteroatoms. The minimum atomic E-state index is -2.13. The number of carbonyl (C=O) groups excluding carboxylic acids is 2. The van der Waals surface area contributed by atoms with Gasteiger partial charge >= 0.3 is 0 Å². The third-order valence-electron chi connectivity index (χ3n) is 6.15. The highest BCUT2D eigenvalue weighted by atomic mass is 16.6. The van der Waals surface area contributed by atoms with Crippen LogP contribution in [0.3, 0.4) is 0 Å². The number of benzene rings is 4. The van der Waals surface area contributed by atoms with E-state index in [0.717, 1.165) is 5.01 Å². The number of aliphatic hydroxyl groups is 1. The molecule has 0 heterocycles. The molecule has 0 bridgehead atoms. The molecule has 0 aromatic heterocycles. The van der Waals surface area contributed by atoms with Crippen LogP contribution in [-0.4, -0.2) is 21.8 Å². The molecular formula is C29H25N3O5. The van der Waals surface area contributed by atoms with E-state index in [4.69, 9.17) is 0 Å². The van der Waals surface area contributed by atoms with Crippen LogP contribution in [0.15, 0.2) is 103 Å². The number of non-ortho nitro benzene ring substituents is 1. The van der Waals surface area contributed by atoms with Crippen molar-refractivity contribution in [2.24, 2.45) is 0 Å². The summed E-state index contributed by atoms with van der Waals surface area (Å²) in [5.74, 6) is -1.47. The van der Waals surface area contributed by atoms with Gasteiger partial charge in [-0.2, -0.15) is 0 Å². The van der Waals surface area contributed by atoms with E-state index in [1.54, 1.807) is 80.6 Å². The van der Waals surface area contributed by atoms with Crippen LogP contribution in [0.5, 0.6) is 0 Å². The zero-order valence-electron chi connectivity index (χ0n) is 20.3. The lowest BCUT2D eigenvalue weighted by Gasteiger charge is -2.33. The predicted molar refractivity (Wildman–Crippen MR) is 140 cm³/mol. The number of carbonyl (C=O) groups is 2. The lowest BCUT2D eigenvalue weighted by Crippen LogP contribution is -2.55.